The molecule has 1 fully saturated rings. The summed E-state index contributed by atoms with van der Waals surface area (Å²) in [5.41, 5.74) is 4.88. The lowest BCUT2D eigenvalue weighted by Gasteiger charge is -2.25. The first kappa shape index (κ1) is 29.4. The molecule has 1 aliphatic rings. The molecule has 0 atom stereocenters. The van der Waals surface area contributed by atoms with Gasteiger partial charge in [0.2, 0.25) is 0 Å². The third kappa shape index (κ3) is 8.96. The first-order chi connectivity index (χ1) is 20.8. The Hall–Kier alpha value is -4.07. The van der Waals surface area contributed by atoms with Crippen molar-refractivity contribution >= 4 is 11.5 Å². The molecule has 0 bridgehead atoms. The van der Waals surface area contributed by atoms with Gasteiger partial charge in [0, 0.05) is 31.9 Å². The van der Waals surface area contributed by atoms with E-state index in [-0.39, 0.29) is 0 Å². The molecule has 5 rings (SSSR count). The van der Waals surface area contributed by atoms with Crippen LogP contribution in [0.25, 0.3) is 0 Å². The second-order valence-corrected chi connectivity index (χ2v) is 10.4. The maximum absolute atomic E-state index is 5.89. The highest BCUT2D eigenvalue weighted by Gasteiger charge is 2.15. The lowest BCUT2D eigenvalue weighted by molar-refractivity contribution is 0.0303. The van der Waals surface area contributed by atoms with Gasteiger partial charge in [-0.05, 0) is 65.9 Å². The zero-order chi connectivity index (χ0) is 28.8. The number of nitrogens with zero attached hydrogens (tertiary/aromatic N) is 3. The number of rotatable bonds is 16. The number of benzene rings is 3. The summed E-state index contributed by atoms with van der Waals surface area (Å²) in [7, 11) is 1.70. The number of anilines is 2. The number of ether oxygens (including phenoxy) is 4. The van der Waals surface area contributed by atoms with E-state index in [1.807, 2.05) is 42.5 Å². The molecular weight excluding hydrogens is 526 g/mol. The Bertz CT molecular complexity index is 1340. The van der Waals surface area contributed by atoms with Crippen molar-refractivity contribution in [3.05, 3.63) is 114 Å². The molecule has 0 aliphatic carbocycles. The van der Waals surface area contributed by atoms with E-state index in [4.69, 9.17) is 23.9 Å². The van der Waals surface area contributed by atoms with E-state index in [1.54, 1.807) is 13.3 Å². The van der Waals surface area contributed by atoms with E-state index in [2.05, 4.69) is 58.3 Å². The highest BCUT2D eigenvalue weighted by Crippen LogP contribution is 2.25. The molecule has 0 unspecified atom stereocenters. The Morgan fingerprint density at radius 1 is 0.690 bits per heavy atom. The molecule has 3 aromatic carbocycles. The van der Waals surface area contributed by atoms with Gasteiger partial charge in [-0.2, -0.15) is 0 Å². The van der Waals surface area contributed by atoms with Crippen LogP contribution in [0.1, 0.15) is 29.5 Å². The van der Waals surface area contributed by atoms with Crippen molar-refractivity contribution < 1.29 is 18.9 Å². The van der Waals surface area contributed by atoms with Crippen LogP contribution in [0.15, 0.2) is 97.2 Å². The van der Waals surface area contributed by atoms with Crippen molar-refractivity contribution in [2.45, 2.75) is 32.5 Å². The smallest absolute Gasteiger partial charge is 0.137 e. The molecule has 7 heteroatoms. The van der Waals surface area contributed by atoms with Crippen LogP contribution in [0.3, 0.4) is 0 Å². The van der Waals surface area contributed by atoms with Gasteiger partial charge in [-0.1, -0.05) is 54.6 Å². The molecular formula is C35H41N3O4. The molecule has 0 spiro atoms. The van der Waals surface area contributed by atoms with Gasteiger partial charge in [0.25, 0.3) is 0 Å². The number of hydrogen-bond donors (Lipinski definition) is 0. The van der Waals surface area contributed by atoms with E-state index < -0.39 is 0 Å². The fourth-order valence-corrected chi connectivity index (χ4v) is 5.10. The second kappa shape index (κ2) is 15.8. The quantitative estimate of drug-likeness (QED) is 0.143. The number of methoxy groups -OCH3 is 1. The Labute approximate surface area is 249 Å². The van der Waals surface area contributed by atoms with E-state index >= 15 is 0 Å². The van der Waals surface area contributed by atoms with Crippen molar-refractivity contribution in [1.82, 2.24) is 4.98 Å². The van der Waals surface area contributed by atoms with Gasteiger partial charge < -0.3 is 28.7 Å². The average Bonchev–Trinajstić information content (AvgIpc) is 3.59. The van der Waals surface area contributed by atoms with Gasteiger partial charge in [0.05, 0.1) is 39.7 Å². The molecule has 4 aromatic rings. The molecule has 0 N–H and O–H groups in total. The Balaban J connectivity index is 1.14. The number of hydrogen-bond acceptors (Lipinski definition) is 7. The van der Waals surface area contributed by atoms with E-state index in [1.165, 1.54) is 24.1 Å². The summed E-state index contributed by atoms with van der Waals surface area (Å²) in [5, 5.41) is 0. The first-order valence-electron chi connectivity index (χ1n) is 14.8. The highest BCUT2D eigenvalue weighted by atomic mass is 16.5. The largest absolute Gasteiger partial charge is 0.497 e. The molecule has 220 valence electrons. The summed E-state index contributed by atoms with van der Waals surface area (Å²) < 4.78 is 22.7. The Morgan fingerprint density at radius 3 is 2.17 bits per heavy atom. The van der Waals surface area contributed by atoms with E-state index in [9.17, 15) is 0 Å². The molecule has 0 amide bonds. The van der Waals surface area contributed by atoms with Crippen LogP contribution in [-0.2, 0) is 29.2 Å². The molecule has 1 aromatic heterocycles. The zero-order valence-electron chi connectivity index (χ0n) is 24.5. The standard InChI is InChI=1S/C35H41N3O4/c1-39-33-14-8-12-31(24-33)27-38(26-30-11-7-13-32(23-30)37-17-5-6-18-37)35-16-15-34(25-36-35)42-22-21-40-19-20-41-28-29-9-3-2-4-10-29/h2-4,7-16,23-25H,5-6,17-22,26-28H2,1H3. The van der Waals surface area contributed by atoms with Crippen LogP contribution >= 0.6 is 0 Å². The fourth-order valence-electron chi connectivity index (χ4n) is 5.10. The van der Waals surface area contributed by atoms with Gasteiger partial charge in [-0.15, -0.1) is 0 Å². The van der Waals surface area contributed by atoms with Crippen molar-refractivity contribution in [3.8, 4) is 11.5 Å². The minimum absolute atomic E-state index is 0.455. The fraction of sp³-hybridized carbons (Fsp3) is 0.343. The lowest BCUT2D eigenvalue weighted by atomic mass is 10.1. The third-order valence-electron chi connectivity index (χ3n) is 7.29. The maximum atomic E-state index is 5.89. The summed E-state index contributed by atoms with van der Waals surface area (Å²) >= 11 is 0. The van der Waals surface area contributed by atoms with Crippen LogP contribution in [-0.4, -0.2) is 51.6 Å². The van der Waals surface area contributed by atoms with Gasteiger partial charge in [0.1, 0.15) is 23.9 Å². The minimum Gasteiger partial charge on any atom is -0.497 e. The summed E-state index contributed by atoms with van der Waals surface area (Å²) in [6.07, 6.45) is 4.32. The summed E-state index contributed by atoms with van der Waals surface area (Å²) in [6, 6.07) is 31.2. The van der Waals surface area contributed by atoms with Crippen molar-refractivity contribution in [3.63, 3.8) is 0 Å². The predicted octanol–water partition coefficient (Wildman–Crippen LogP) is 6.51. The van der Waals surface area contributed by atoms with E-state index in [0.29, 0.717) is 39.6 Å². The molecule has 2 heterocycles. The van der Waals surface area contributed by atoms with Crippen molar-refractivity contribution in [1.29, 1.82) is 0 Å². The molecule has 0 saturated carbocycles. The van der Waals surface area contributed by atoms with Crippen molar-refractivity contribution in [2.75, 3.05) is 56.4 Å². The molecule has 42 heavy (non-hydrogen) atoms. The Morgan fingerprint density at radius 2 is 1.40 bits per heavy atom. The SMILES string of the molecule is COc1cccc(CN(Cc2cccc(N3CCCC3)c2)c2ccc(OCCOCCOCc3ccccc3)cn2)c1. The number of aromatic nitrogens is 1. The average molecular weight is 568 g/mol. The van der Waals surface area contributed by atoms with Crippen LogP contribution in [0.2, 0.25) is 0 Å². The monoisotopic (exact) mass is 567 g/mol. The summed E-state index contributed by atoms with van der Waals surface area (Å²) in [6.45, 7) is 6.34. The van der Waals surface area contributed by atoms with E-state index in [0.717, 1.165) is 48.1 Å². The highest BCUT2D eigenvalue weighted by molar-refractivity contribution is 5.51. The topological polar surface area (TPSA) is 56.3 Å². The summed E-state index contributed by atoms with van der Waals surface area (Å²) in [4.78, 5) is 9.55. The van der Waals surface area contributed by atoms with Crippen LogP contribution in [0.5, 0.6) is 11.5 Å². The third-order valence-corrected chi connectivity index (χ3v) is 7.29. The van der Waals surface area contributed by atoms with Crippen LogP contribution < -0.4 is 19.3 Å². The lowest BCUT2D eigenvalue weighted by Crippen LogP contribution is -2.24. The maximum Gasteiger partial charge on any atom is 0.137 e. The van der Waals surface area contributed by atoms with Crippen molar-refractivity contribution in [2.24, 2.45) is 0 Å². The second-order valence-electron chi connectivity index (χ2n) is 10.4. The molecule has 1 saturated heterocycles. The summed E-state index contributed by atoms with van der Waals surface area (Å²) in [5.74, 6) is 2.47. The Kier molecular flexibility index (Phi) is 11.1. The molecule has 0 radical (unpaired) electrons. The molecule has 7 nitrogen and oxygen atoms in total. The van der Waals surface area contributed by atoms with Gasteiger partial charge >= 0.3 is 0 Å². The normalized spacial score (nSPS) is 12.8. The van der Waals surface area contributed by atoms with Crippen LogP contribution in [0, 0.1) is 0 Å². The predicted molar refractivity (Wildman–Crippen MR) is 167 cm³/mol. The van der Waals surface area contributed by atoms with Crippen LogP contribution in [0.4, 0.5) is 11.5 Å². The van der Waals surface area contributed by atoms with Gasteiger partial charge in [0.15, 0.2) is 0 Å². The minimum atomic E-state index is 0.455. The molecule has 1 aliphatic heterocycles. The zero-order valence-corrected chi connectivity index (χ0v) is 24.5. The van der Waals surface area contributed by atoms with Gasteiger partial charge in [-0.3, -0.25) is 0 Å². The number of pyridine rings is 1. The van der Waals surface area contributed by atoms with Gasteiger partial charge in [-0.25, -0.2) is 4.98 Å². The first-order valence-corrected chi connectivity index (χ1v) is 14.8.